The lowest BCUT2D eigenvalue weighted by Crippen LogP contribution is -2.09. The second kappa shape index (κ2) is 6.66. The highest BCUT2D eigenvalue weighted by Crippen LogP contribution is 2.23. The lowest BCUT2D eigenvalue weighted by atomic mass is 10.2. The number of thiophene rings is 1. The van der Waals surface area contributed by atoms with Crippen LogP contribution in [0.1, 0.15) is 31.4 Å². The number of anilines is 1. The summed E-state index contributed by atoms with van der Waals surface area (Å²) in [5.41, 5.74) is 0.973. The summed E-state index contributed by atoms with van der Waals surface area (Å²) < 4.78 is 0. The molecule has 0 saturated heterocycles. The fourth-order valence-electron chi connectivity index (χ4n) is 1.49. The smallest absolute Gasteiger partial charge is 0.267 e. The molecule has 2 aromatic rings. The van der Waals surface area contributed by atoms with Gasteiger partial charge < -0.3 is 5.11 Å². The van der Waals surface area contributed by atoms with E-state index in [9.17, 15) is 4.79 Å². The molecule has 2 rings (SSSR count). The van der Waals surface area contributed by atoms with E-state index in [0.717, 1.165) is 15.3 Å². The maximum Gasteiger partial charge on any atom is 0.267 e. The molecule has 0 aromatic carbocycles. The number of hydrogen-bond acceptors (Lipinski definition) is 5. The molecule has 0 atom stereocenters. The maximum absolute atomic E-state index is 12.1. The van der Waals surface area contributed by atoms with Gasteiger partial charge in [0.1, 0.15) is 0 Å². The van der Waals surface area contributed by atoms with Crippen molar-refractivity contribution in [3.63, 3.8) is 0 Å². The highest BCUT2D eigenvalue weighted by molar-refractivity contribution is 7.16. The standard InChI is InChI=1S/C14H14N2O2S2/c1-9-7-12(20-11(9)5-3-4-6-17)13(18)16-14-15-8-10(2)19-14/h7-8,17H,4,6H2,1-2H3,(H,15,16,18). The largest absolute Gasteiger partial charge is 0.395 e. The van der Waals surface area contributed by atoms with Gasteiger partial charge in [-0.25, -0.2) is 4.98 Å². The van der Waals surface area contributed by atoms with Crippen molar-refractivity contribution in [3.8, 4) is 11.8 Å². The Bertz CT molecular complexity index is 677. The normalized spacial score (nSPS) is 9.95. The van der Waals surface area contributed by atoms with Crippen LogP contribution in [0.25, 0.3) is 0 Å². The zero-order chi connectivity index (χ0) is 14.5. The van der Waals surface area contributed by atoms with Gasteiger partial charge >= 0.3 is 0 Å². The number of nitrogens with one attached hydrogen (secondary N) is 1. The number of carbonyl (C=O) groups excluding carboxylic acids is 1. The first kappa shape index (κ1) is 14.7. The maximum atomic E-state index is 12.1. The molecule has 20 heavy (non-hydrogen) atoms. The SMILES string of the molecule is Cc1cnc(NC(=O)c2cc(C)c(C#CCCO)s2)s1. The summed E-state index contributed by atoms with van der Waals surface area (Å²) >= 11 is 2.80. The first-order chi connectivity index (χ1) is 9.60. The number of aromatic nitrogens is 1. The molecule has 6 heteroatoms. The van der Waals surface area contributed by atoms with Gasteiger partial charge in [0.25, 0.3) is 5.91 Å². The first-order valence-corrected chi connectivity index (χ1v) is 7.67. The average Bonchev–Trinajstić information content (AvgIpc) is 2.97. The van der Waals surface area contributed by atoms with E-state index in [4.69, 9.17) is 5.11 Å². The lowest BCUT2D eigenvalue weighted by molar-refractivity contribution is 0.103. The van der Waals surface area contributed by atoms with E-state index < -0.39 is 0 Å². The molecule has 2 N–H and O–H groups in total. The van der Waals surface area contributed by atoms with E-state index in [-0.39, 0.29) is 12.5 Å². The van der Waals surface area contributed by atoms with Gasteiger partial charge in [-0.2, -0.15) is 0 Å². The van der Waals surface area contributed by atoms with E-state index in [1.807, 2.05) is 19.9 Å². The zero-order valence-corrected chi connectivity index (χ0v) is 12.8. The Balaban J connectivity index is 2.11. The van der Waals surface area contributed by atoms with Gasteiger partial charge in [-0.3, -0.25) is 10.1 Å². The Labute approximate surface area is 125 Å². The lowest BCUT2D eigenvalue weighted by Gasteiger charge is -1.97. The highest BCUT2D eigenvalue weighted by Gasteiger charge is 2.13. The molecule has 1 amide bonds. The Hall–Kier alpha value is -1.68. The predicted octanol–water partition coefficient (Wildman–Crippen LogP) is 2.81. The number of aliphatic hydroxyl groups is 1. The van der Waals surface area contributed by atoms with Crippen LogP contribution in [-0.2, 0) is 0 Å². The summed E-state index contributed by atoms with van der Waals surface area (Å²) in [6.45, 7) is 3.91. The fraction of sp³-hybridized carbons (Fsp3) is 0.286. The van der Waals surface area contributed by atoms with Crippen LogP contribution in [0, 0.1) is 25.7 Å². The van der Waals surface area contributed by atoms with Gasteiger partial charge in [0, 0.05) is 17.5 Å². The molecule has 2 aromatic heterocycles. The second-order valence-corrected chi connectivity index (χ2v) is 6.42. The van der Waals surface area contributed by atoms with Crippen molar-refractivity contribution in [2.45, 2.75) is 20.3 Å². The van der Waals surface area contributed by atoms with E-state index in [1.165, 1.54) is 22.7 Å². The molecule has 0 aliphatic carbocycles. The van der Waals surface area contributed by atoms with Crippen LogP contribution in [0.4, 0.5) is 5.13 Å². The zero-order valence-electron chi connectivity index (χ0n) is 11.2. The first-order valence-electron chi connectivity index (χ1n) is 6.04. The average molecular weight is 306 g/mol. The molecule has 0 saturated carbocycles. The number of nitrogens with zero attached hydrogens (tertiary/aromatic N) is 1. The van der Waals surface area contributed by atoms with Crippen LogP contribution in [0.3, 0.4) is 0 Å². The topological polar surface area (TPSA) is 62.2 Å². The molecule has 2 heterocycles. The van der Waals surface area contributed by atoms with Crippen molar-refractivity contribution in [3.05, 3.63) is 32.5 Å². The molecule has 0 radical (unpaired) electrons. The fourth-order valence-corrected chi connectivity index (χ4v) is 3.09. The minimum Gasteiger partial charge on any atom is -0.395 e. The van der Waals surface area contributed by atoms with Gasteiger partial charge in [0.15, 0.2) is 5.13 Å². The molecule has 0 fully saturated rings. The molecular formula is C14H14N2O2S2. The molecule has 0 aliphatic heterocycles. The Morgan fingerprint density at radius 2 is 2.25 bits per heavy atom. The summed E-state index contributed by atoms with van der Waals surface area (Å²) in [6.07, 6.45) is 2.17. The number of hydrogen-bond donors (Lipinski definition) is 2. The number of carbonyl (C=O) groups is 1. The molecule has 0 spiro atoms. The Morgan fingerprint density at radius 3 is 2.90 bits per heavy atom. The summed E-state index contributed by atoms with van der Waals surface area (Å²) in [5.74, 6) is 5.67. The summed E-state index contributed by atoms with van der Waals surface area (Å²) in [6, 6.07) is 1.82. The van der Waals surface area contributed by atoms with Gasteiger partial charge in [0.05, 0.1) is 16.4 Å². The van der Waals surface area contributed by atoms with Gasteiger partial charge in [-0.1, -0.05) is 11.8 Å². The second-order valence-electron chi connectivity index (χ2n) is 4.13. The number of aliphatic hydroxyl groups excluding tert-OH is 1. The van der Waals surface area contributed by atoms with Crippen LogP contribution in [0.15, 0.2) is 12.3 Å². The van der Waals surface area contributed by atoms with E-state index in [0.29, 0.717) is 16.4 Å². The third kappa shape index (κ3) is 3.67. The minimum atomic E-state index is -0.164. The van der Waals surface area contributed by atoms with Crippen molar-refractivity contribution in [1.29, 1.82) is 0 Å². The summed E-state index contributed by atoms with van der Waals surface area (Å²) in [7, 11) is 0. The molecule has 0 aliphatic rings. The van der Waals surface area contributed by atoms with Crippen molar-refractivity contribution in [2.75, 3.05) is 11.9 Å². The quantitative estimate of drug-likeness (QED) is 0.857. The molecule has 104 valence electrons. The van der Waals surface area contributed by atoms with Crippen LogP contribution in [0.5, 0.6) is 0 Å². The van der Waals surface area contributed by atoms with Crippen LogP contribution >= 0.6 is 22.7 Å². The molecule has 4 nitrogen and oxygen atoms in total. The Morgan fingerprint density at radius 1 is 1.45 bits per heavy atom. The van der Waals surface area contributed by atoms with E-state index in [2.05, 4.69) is 22.1 Å². The monoisotopic (exact) mass is 306 g/mol. The van der Waals surface area contributed by atoms with Crippen LogP contribution in [-0.4, -0.2) is 22.6 Å². The van der Waals surface area contributed by atoms with Crippen LogP contribution < -0.4 is 5.32 Å². The summed E-state index contributed by atoms with van der Waals surface area (Å²) in [4.78, 5) is 18.7. The predicted molar refractivity (Wildman–Crippen MR) is 82.4 cm³/mol. The van der Waals surface area contributed by atoms with Crippen molar-refractivity contribution < 1.29 is 9.90 Å². The van der Waals surface area contributed by atoms with Crippen molar-refractivity contribution in [2.24, 2.45) is 0 Å². The number of rotatable bonds is 3. The van der Waals surface area contributed by atoms with E-state index in [1.54, 1.807) is 6.20 Å². The van der Waals surface area contributed by atoms with Gasteiger partial charge in [-0.05, 0) is 25.5 Å². The minimum absolute atomic E-state index is 0.0498. The molecule has 0 bridgehead atoms. The van der Waals surface area contributed by atoms with Crippen molar-refractivity contribution in [1.82, 2.24) is 4.98 Å². The Kier molecular flexibility index (Phi) is 4.90. The summed E-state index contributed by atoms with van der Waals surface area (Å²) in [5, 5.41) is 12.1. The van der Waals surface area contributed by atoms with Gasteiger partial charge in [0.2, 0.25) is 0 Å². The van der Waals surface area contributed by atoms with Crippen LogP contribution in [0.2, 0.25) is 0 Å². The molecule has 0 unspecified atom stereocenters. The number of amides is 1. The van der Waals surface area contributed by atoms with Crippen molar-refractivity contribution >= 4 is 33.7 Å². The number of thiazole rings is 1. The third-order valence-electron chi connectivity index (χ3n) is 2.42. The highest BCUT2D eigenvalue weighted by atomic mass is 32.1. The molecular weight excluding hydrogens is 292 g/mol. The number of aryl methyl sites for hydroxylation is 2. The van der Waals surface area contributed by atoms with Gasteiger partial charge in [-0.15, -0.1) is 22.7 Å². The van der Waals surface area contributed by atoms with E-state index >= 15 is 0 Å². The third-order valence-corrected chi connectivity index (χ3v) is 4.40.